The number of hydrogen-bond acceptors (Lipinski definition) is 5. The Labute approximate surface area is 129 Å². The third-order valence-electron chi connectivity index (χ3n) is 4.42. The Morgan fingerprint density at radius 3 is 3.09 bits per heavy atom. The highest BCUT2D eigenvalue weighted by Crippen LogP contribution is 2.25. The molecule has 0 radical (unpaired) electrons. The van der Waals surface area contributed by atoms with Gasteiger partial charge in [0.2, 0.25) is 0 Å². The van der Waals surface area contributed by atoms with Crippen molar-refractivity contribution >= 4 is 17.0 Å². The largest absolute Gasteiger partial charge is 0.376 e. The lowest BCUT2D eigenvalue weighted by molar-refractivity contribution is 0.164. The quantitative estimate of drug-likeness (QED) is 0.904. The summed E-state index contributed by atoms with van der Waals surface area (Å²) >= 11 is 0. The van der Waals surface area contributed by atoms with Gasteiger partial charge in [0, 0.05) is 24.2 Å². The van der Waals surface area contributed by atoms with Gasteiger partial charge in [-0.25, -0.2) is 4.98 Å². The summed E-state index contributed by atoms with van der Waals surface area (Å²) in [7, 11) is 0. The number of nitrogens with two attached hydrogens (primary N) is 1. The number of nitrogens with zero attached hydrogens (tertiary/aromatic N) is 3. The molecule has 116 valence electrons. The Kier molecular flexibility index (Phi) is 3.56. The molecule has 0 amide bonds. The van der Waals surface area contributed by atoms with E-state index in [9.17, 15) is 0 Å². The molecule has 0 spiro atoms. The van der Waals surface area contributed by atoms with Gasteiger partial charge in [-0.15, -0.1) is 0 Å². The topological polar surface area (TPSA) is 77.5 Å². The van der Waals surface area contributed by atoms with Crippen LogP contribution in [-0.2, 0) is 4.74 Å². The molecule has 1 fully saturated rings. The first-order valence-corrected chi connectivity index (χ1v) is 7.93. The van der Waals surface area contributed by atoms with Crippen LogP contribution in [0.15, 0.2) is 24.4 Å². The number of ether oxygens (including phenoxy) is 1. The monoisotopic (exact) mass is 299 g/mol. The molecule has 3 heterocycles. The molecule has 1 saturated carbocycles. The van der Waals surface area contributed by atoms with Crippen molar-refractivity contribution in [1.82, 2.24) is 14.6 Å². The van der Waals surface area contributed by atoms with E-state index in [2.05, 4.69) is 22.6 Å². The summed E-state index contributed by atoms with van der Waals surface area (Å²) in [6.07, 6.45) is 8.13. The van der Waals surface area contributed by atoms with Crippen LogP contribution in [0.3, 0.4) is 0 Å². The molecule has 6 nitrogen and oxygen atoms in total. The molecular formula is C16H21N5O. The minimum absolute atomic E-state index is 0.307. The zero-order valence-corrected chi connectivity index (χ0v) is 12.5. The average molecular weight is 299 g/mol. The van der Waals surface area contributed by atoms with Gasteiger partial charge < -0.3 is 15.8 Å². The summed E-state index contributed by atoms with van der Waals surface area (Å²) in [5.41, 5.74) is 9.00. The highest BCUT2D eigenvalue weighted by Gasteiger charge is 2.23. The minimum Gasteiger partial charge on any atom is -0.376 e. The van der Waals surface area contributed by atoms with E-state index in [1.165, 1.54) is 0 Å². The van der Waals surface area contributed by atoms with Crippen molar-refractivity contribution in [3.63, 3.8) is 0 Å². The number of anilines is 1. The maximum Gasteiger partial charge on any atom is 0.157 e. The van der Waals surface area contributed by atoms with E-state index in [1.54, 1.807) is 6.20 Å². The van der Waals surface area contributed by atoms with Gasteiger partial charge in [0.1, 0.15) is 5.82 Å². The van der Waals surface area contributed by atoms with Crippen LogP contribution in [-0.4, -0.2) is 39.9 Å². The Bertz CT molecular complexity index is 708. The predicted molar refractivity (Wildman–Crippen MR) is 85.6 cm³/mol. The summed E-state index contributed by atoms with van der Waals surface area (Å²) in [4.78, 5) is 4.70. The molecule has 22 heavy (non-hydrogen) atoms. The van der Waals surface area contributed by atoms with Crippen molar-refractivity contribution in [3.8, 4) is 0 Å². The van der Waals surface area contributed by atoms with E-state index in [4.69, 9.17) is 15.5 Å². The van der Waals surface area contributed by atoms with Gasteiger partial charge in [-0.2, -0.15) is 9.61 Å². The van der Waals surface area contributed by atoms with Crippen LogP contribution < -0.4 is 11.1 Å². The van der Waals surface area contributed by atoms with Gasteiger partial charge in [0.05, 0.1) is 25.1 Å². The van der Waals surface area contributed by atoms with E-state index >= 15 is 0 Å². The Morgan fingerprint density at radius 1 is 1.36 bits per heavy atom. The first kappa shape index (κ1) is 13.7. The molecule has 2 atom stereocenters. The fraction of sp³-hybridized carbons (Fsp3) is 0.500. The number of nitrogens with one attached hydrogen (secondary N) is 1. The van der Waals surface area contributed by atoms with E-state index < -0.39 is 0 Å². The fourth-order valence-corrected chi connectivity index (χ4v) is 3.27. The second kappa shape index (κ2) is 5.70. The maximum absolute atomic E-state index is 6.02. The molecule has 0 aromatic carbocycles. The third-order valence-corrected chi connectivity index (χ3v) is 4.42. The molecule has 4 rings (SSSR count). The van der Waals surface area contributed by atoms with Crippen molar-refractivity contribution in [3.05, 3.63) is 30.1 Å². The van der Waals surface area contributed by atoms with Crippen molar-refractivity contribution in [2.24, 2.45) is 5.73 Å². The van der Waals surface area contributed by atoms with Gasteiger partial charge in [-0.05, 0) is 31.3 Å². The van der Waals surface area contributed by atoms with Crippen LogP contribution in [0.1, 0.15) is 31.4 Å². The van der Waals surface area contributed by atoms with Gasteiger partial charge in [-0.3, -0.25) is 0 Å². The lowest BCUT2D eigenvalue weighted by Crippen LogP contribution is -2.22. The van der Waals surface area contributed by atoms with Gasteiger partial charge in [0.25, 0.3) is 0 Å². The normalized spacial score (nSPS) is 25.4. The van der Waals surface area contributed by atoms with Gasteiger partial charge >= 0.3 is 0 Å². The molecular weight excluding hydrogens is 278 g/mol. The molecule has 0 bridgehead atoms. The van der Waals surface area contributed by atoms with Crippen LogP contribution in [0.25, 0.3) is 11.2 Å². The molecule has 1 aliphatic carbocycles. The number of fused-ring (bicyclic) bond motifs is 1. The molecule has 2 aliphatic rings. The maximum atomic E-state index is 6.02. The summed E-state index contributed by atoms with van der Waals surface area (Å²) in [5, 5.41) is 7.97. The highest BCUT2D eigenvalue weighted by molar-refractivity contribution is 5.68. The summed E-state index contributed by atoms with van der Waals surface area (Å²) in [6, 6.07) is 4.72. The van der Waals surface area contributed by atoms with Crippen molar-refractivity contribution in [2.75, 3.05) is 18.5 Å². The third kappa shape index (κ3) is 2.60. The van der Waals surface area contributed by atoms with E-state index in [-0.39, 0.29) is 0 Å². The SMILES string of the molecule is N[C@H]1CC[C@H](Nc2cc(C3=CCCOC3)nc3ccnn23)C1. The van der Waals surface area contributed by atoms with Crippen molar-refractivity contribution in [1.29, 1.82) is 0 Å². The van der Waals surface area contributed by atoms with Crippen LogP contribution in [0.4, 0.5) is 5.82 Å². The average Bonchev–Trinajstić information content (AvgIpc) is 3.17. The van der Waals surface area contributed by atoms with Crippen molar-refractivity contribution in [2.45, 2.75) is 37.8 Å². The summed E-state index contributed by atoms with van der Waals surface area (Å²) in [5.74, 6) is 0.982. The molecule has 2 aromatic heterocycles. The number of rotatable bonds is 3. The molecule has 0 unspecified atom stereocenters. The summed E-state index contributed by atoms with van der Waals surface area (Å²) in [6.45, 7) is 1.43. The second-order valence-corrected chi connectivity index (χ2v) is 6.11. The Balaban J connectivity index is 1.69. The lowest BCUT2D eigenvalue weighted by Gasteiger charge is -2.18. The number of aromatic nitrogens is 3. The highest BCUT2D eigenvalue weighted by atomic mass is 16.5. The second-order valence-electron chi connectivity index (χ2n) is 6.11. The van der Waals surface area contributed by atoms with Crippen LogP contribution in [0.2, 0.25) is 0 Å². The van der Waals surface area contributed by atoms with Crippen molar-refractivity contribution < 1.29 is 4.74 Å². The lowest BCUT2D eigenvalue weighted by atomic mass is 10.1. The number of hydrogen-bond donors (Lipinski definition) is 2. The first-order chi connectivity index (χ1) is 10.8. The van der Waals surface area contributed by atoms with Crippen LogP contribution in [0.5, 0.6) is 0 Å². The van der Waals surface area contributed by atoms with Gasteiger partial charge in [-0.1, -0.05) is 6.08 Å². The van der Waals surface area contributed by atoms with Crippen LogP contribution in [0, 0.1) is 0 Å². The summed E-state index contributed by atoms with van der Waals surface area (Å²) < 4.78 is 7.41. The Hall–Kier alpha value is -1.92. The zero-order chi connectivity index (χ0) is 14.9. The van der Waals surface area contributed by atoms with E-state index in [1.807, 2.05) is 10.6 Å². The van der Waals surface area contributed by atoms with Gasteiger partial charge in [0.15, 0.2) is 5.65 Å². The standard InChI is InChI=1S/C16H21N5O/c17-12-3-4-13(8-12)19-16-9-14(11-2-1-7-22-10-11)20-15-5-6-18-21(15)16/h2,5-6,9,12-13,19H,1,3-4,7-8,10,17H2/t12-,13-/m0/s1. The van der Waals surface area contributed by atoms with E-state index in [0.717, 1.165) is 55.0 Å². The molecule has 0 saturated heterocycles. The molecule has 2 aromatic rings. The zero-order valence-electron chi connectivity index (χ0n) is 12.5. The molecule has 1 aliphatic heterocycles. The van der Waals surface area contributed by atoms with Crippen LogP contribution >= 0.6 is 0 Å². The van der Waals surface area contributed by atoms with E-state index in [0.29, 0.717) is 18.7 Å². The first-order valence-electron chi connectivity index (χ1n) is 7.93. The molecule has 3 N–H and O–H groups in total. The minimum atomic E-state index is 0.307. The Morgan fingerprint density at radius 2 is 2.32 bits per heavy atom. The fourth-order valence-electron chi connectivity index (χ4n) is 3.27. The molecule has 6 heteroatoms. The smallest absolute Gasteiger partial charge is 0.157 e. The predicted octanol–water partition coefficient (Wildman–Crippen LogP) is 1.82.